The van der Waals surface area contributed by atoms with Gasteiger partial charge >= 0.3 is 0 Å². The Labute approximate surface area is 151 Å². The van der Waals surface area contributed by atoms with Crippen LogP contribution in [0.15, 0.2) is 18.3 Å². The molecular weight excluding hydrogens is 332 g/mol. The van der Waals surface area contributed by atoms with Crippen molar-refractivity contribution in [2.24, 2.45) is 5.73 Å². The lowest BCUT2D eigenvalue weighted by Gasteiger charge is -2.22. The fourth-order valence-corrected chi connectivity index (χ4v) is 2.93. The summed E-state index contributed by atoms with van der Waals surface area (Å²) in [5.74, 6) is 0.439. The highest BCUT2D eigenvalue weighted by molar-refractivity contribution is 6.04. The van der Waals surface area contributed by atoms with Crippen molar-refractivity contribution in [3.63, 3.8) is 0 Å². The molecule has 9 nitrogen and oxygen atoms in total. The maximum atomic E-state index is 11.9. The number of nitrogens with two attached hydrogens (primary N) is 2. The first kappa shape index (κ1) is 17.6. The van der Waals surface area contributed by atoms with Crippen LogP contribution in [-0.4, -0.2) is 40.2 Å². The molecule has 0 bridgehead atoms. The van der Waals surface area contributed by atoms with Gasteiger partial charge in [-0.3, -0.25) is 4.79 Å². The minimum absolute atomic E-state index is 0.0791. The molecule has 1 amide bonds. The van der Waals surface area contributed by atoms with Crippen LogP contribution in [0.2, 0.25) is 0 Å². The van der Waals surface area contributed by atoms with E-state index in [1.165, 1.54) is 19.0 Å². The van der Waals surface area contributed by atoms with E-state index < -0.39 is 5.91 Å². The summed E-state index contributed by atoms with van der Waals surface area (Å²) in [6, 6.07) is 3.37. The van der Waals surface area contributed by atoms with E-state index in [-0.39, 0.29) is 17.1 Å². The number of rotatable bonds is 5. The van der Waals surface area contributed by atoms with Crippen molar-refractivity contribution < 1.29 is 4.79 Å². The molecule has 1 fully saturated rings. The van der Waals surface area contributed by atoms with Crippen molar-refractivity contribution in [3.05, 3.63) is 29.6 Å². The van der Waals surface area contributed by atoms with E-state index >= 15 is 0 Å². The van der Waals surface area contributed by atoms with Gasteiger partial charge in [0.2, 0.25) is 5.95 Å². The van der Waals surface area contributed by atoms with E-state index in [4.69, 9.17) is 16.9 Å². The first-order chi connectivity index (χ1) is 12.6. The van der Waals surface area contributed by atoms with Gasteiger partial charge in [0.25, 0.3) is 5.91 Å². The third-order valence-electron chi connectivity index (χ3n) is 4.25. The predicted molar refractivity (Wildman–Crippen MR) is 101 cm³/mol. The summed E-state index contributed by atoms with van der Waals surface area (Å²) in [6.07, 6.45) is 7.04. The maximum absolute atomic E-state index is 11.9. The molecule has 0 spiro atoms. The molecule has 3 rings (SSSR count). The van der Waals surface area contributed by atoms with Crippen LogP contribution >= 0.6 is 0 Å². The first-order valence-corrected chi connectivity index (χ1v) is 8.54. The number of nitrogens with zero attached hydrogens (tertiary/aromatic N) is 4. The smallest absolute Gasteiger partial charge is 0.254 e. The lowest BCUT2D eigenvalue weighted by atomic mass is 10.2. The number of hydrogen-bond donors (Lipinski definition) is 4. The molecule has 136 valence electrons. The number of aromatic nitrogens is 3. The Hall–Kier alpha value is -3.23. The van der Waals surface area contributed by atoms with Gasteiger partial charge in [0, 0.05) is 19.3 Å². The Morgan fingerprint density at radius 1 is 1.19 bits per heavy atom. The number of nitrogen functional groups attached to an aromatic ring is 1. The van der Waals surface area contributed by atoms with E-state index in [9.17, 15) is 4.79 Å². The molecule has 3 heterocycles. The Bertz CT molecular complexity index is 797. The molecule has 1 aliphatic rings. The Kier molecular flexibility index (Phi) is 5.26. The van der Waals surface area contributed by atoms with Gasteiger partial charge < -0.3 is 27.1 Å². The zero-order chi connectivity index (χ0) is 18.5. The molecule has 0 aliphatic carbocycles. The van der Waals surface area contributed by atoms with Crippen molar-refractivity contribution in [3.8, 4) is 0 Å². The van der Waals surface area contributed by atoms with Crippen molar-refractivity contribution >= 4 is 35.4 Å². The molecule has 2 aromatic heterocycles. The van der Waals surface area contributed by atoms with Crippen LogP contribution in [0.3, 0.4) is 0 Å². The van der Waals surface area contributed by atoms with Gasteiger partial charge in [-0.2, -0.15) is 4.98 Å². The van der Waals surface area contributed by atoms with E-state index in [1.54, 1.807) is 12.1 Å². The lowest BCUT2D eigenvalue weighted by Crippen LogP contribution is -2.28. The molecule has 2 aromatic rings. The molecule has 1 aliphatic heterocycles. The highest BCUT2D eigenvalue weighted by Gasteiger charge is 2.21. The van der Waals surface area contributed by atoms with Crippen LogP contribution in [0.25, 0.3) is 0 Å². The Morgan fingerprint density at radius 2 is 1.92 bits per heavy atom. The van der Waals surface area contributed by atoms with Gasteiger partial charge in [-0.15, -0.1) is 0 Å². The second kappa shape index (κ2) is 7.77. The van der Waals surface area contributed by atoms with Crippen LogP contribution in [0.1, 0.15) is 41.7 Å². The number of pyridine rings is 1. The highest BCUT2D eigenvalue weighted by atomic mass is 16.1. The monoisotopic (exact) mass is 354 g/mol. The SMILES string of the molecule is N=Cc1nc(N2CCCCCC2)nc(Nc2ccc(N)nc2)c1C(N)=O. The van der Waals surface area contributed by atoms with E-state index in [1.807, 2.05) is 0 Å². The Morgan fingerprint density at radius 3 is 2.50 bits per heavy atom. The molecule has 0 radical (unpaired) electrons. The first-order valence-electron chi connectivity index (χ1n) is 8.54. The zero-order valence-corrected chi connectivity index (χ0v) is 14.4. The minimum atomic E-state index is -0.697. The largest absolute Gasteiger partial charge is 0.384 e. The fraction of sp³-hybridized carbons (Fsp3) is 0.353. The quantitative estimate of drug-likeness (QED) is 0.597. The number of nitrogens with one attached hydrogen (secondary N) is 2. The van der Waals surface area contributed by atoms with Gasteiger partial charge in [0.15, 0.2) is 0 Å². The maximum Gasteiger partial charge on any atom is 0.254 e. The number of primary amides is 1. The number of carbonyl (C=O) groups is 1. The van der Waals surface area contributed by atoms with E-state index in [2.05, 4.69) is 25.2 Å². The predicted octanol–water partition coefficient (Wildman–Crippen LogP) is 1.67. The number of anilines is 4. The number of amides is 1. The summed E-state index contributed by atoms with van der Waals surface area (Å²) >= 11 is 0. The van der Waals surface area contributed by atoms with Crippen molar-refractivity contribution in [1.82, 2.24) is 15.0 Å². The van der Waals surface area contributed by atoms with Crippen molar-refractivity contribution in [1.29, 1.82) is 5.41 Å². The van der Waals surface area contributed by atoms with Crippen molar-refractivity contribution in [2.75, 3.05) is 29.0 Å². The van der Waals surface area contributed by atoms with Crippen molar-refractivity contribution in [2.45, 2.75) is 25.7 Å². The molecule has 26 heavy (non-hydrogen) atoms. The average Bonchev–Trinajstić information content (AvgIpc) is 2.92. The zero-order valence-electron chi connectivity index (χ0n) is 14.4. The number of carbonyl (C=O) groups excluding carboxylic acids is 1. The molecule has 0 unspecified atom stereocenters. The van der Waals surface area contributed by atoms with Gasteiger partial charge in [-0.25, -0.2) is 9.97 Å². The number of hydrogen-bond acceptors (Lipinski definition) is 8. The summed E-state index contributed by atoms with van der Waals surface area (Å²) in [5, 5.41) is 10.7. The van der Waals surface area contributed by atoms with Crippen LogP contribution < -0.4 is 21.7 Å². The Balaban J connectivity index is 2.03. The molecule has 0 saturated carbocycles. The molecule has 1 saturated heterocycles. The second-order valence-electron chi connectivity index (χ2n) is 6.14. The van der Waals surface area contributed by atoms with Crippen LogP contribution in [-0.2, 0) is 0 Å². The van der Waals surface area contributed by atoms with E-state index in [0.717, 1.165) is 32.1 Å². The average molecular weight is 354 g/mol. The molecule has 9 heteroatoms. The summed E-state index contributed by atoms with van der Waals surface area (Å²) in [7, 11) is 0. The molecule has 6 N–H and O–H groups in total. The third kappa shape index (κ3) is 3.88. The standard InChI is InChI=1S/C17H22N8O/c18-9-12-14(15(20)26)16(22-11-5-6-13(19)21-10-11)24-17(23-12)25-7-3-1-2-4-8-25/h5-6,9-10,18H,1-4,7-8H2,(H2,19,21)(H2,20,26)(H,22,23,24). The second-order valence-corrected chi connectivity index (χ2v) is 6.14. The summed E-state index contributed by atoms with van der Waals surface area (Å²) < 4.78 is 0. The van der Waals surface area contributed by atoms with Gasteiger partial charge in [0.1, 0.15) is 22.9 Å². The van der Waals surface area contributed by atoms with Crippen LogP contribution in [0, 0.1) is 5.41 Å². The molecule has 0 atom stereocenters. The molecular formula is C17H22N8O. The van der Waals surface area contributed by atoms with Gasteiger partial charge in [-0.05, 0) is 25.0 Å². The lowest BCUT2D eigenvalue weighted by molar-refractivity contribution is 0.100. The van der Waals surface area contributed by atoms with Crippen LogP contribution in [0.4, 0.5) is 23.3 Å². The third-order valence-corrected chi connectivity index (χ3v) is 4.25. The summed E-state index contributed by atoms with van der Waals surface area (Å²) in [6.45, 7) is 1.69. The highest BCUT2D eigenvalue weighted by Crippen LogP contribution is 2.25. The van der Waals surface area contributed by atoms with Gasteiger partial charge in [-0.1, -0.05) is 12.8 Å². The fourth-order valence-electron chi connectivity index (χ4n) is 2.93. The topological polar surface area (TPSA) is 147 Å². The van der Waals surface area contributed by atoms with E-state index in [0.29, 0.717) is 17.5 Å². The normalized spacial score (nSPS) is 14.5. The van der Waals surface area contributed by atoms with Gasteiger partial charge in [0.05, 0.1) is 11.9 Å². The summed E-state index contributed by atoms with van der Waals surface area (Å²) in [5.41, 5.74) is 12.0. The summed E-state index contributed by atoms with van der Waals surface area (Å²) in [4.78, 5) is 27.0. The molecule has 0 aromatic carbocycles. The van der Waals surface area contributed by atoms with Crippen LogP contribution in [0.5, 0.6) is 0 Å². The minimum Gasteiger partial charge on any atom is -0.384 e.